The van der Waals surface area contributed by atoms with Gasteiger partial charge in [0.1, 0.15) is 11.2 Å². The zero-order valence-electron chi connectivity index (χ0n) is 10.4. The first kappa shape index (κ1) is 12.1. The maximum atomic E-state index is 10.7. The van der Waals surface area contributed by atoms with Crippen LogP contribution < -0.4 is 5.32 Å². The maximum Gasteiger partial charge on any atom is 0.354 e. The van der Waals surface area contributed by atoms with E-state index in [1.54, 1.807) is 29.2 Å². The monoisotopic (exact) mass is 269 g/mol. The minimum atomic E-state index is -1.03. The van der Waals surface area contributed by atoms with Crippen LogP contribution in [0.3, 0.4) is 0 Å². The van der Waals surface area contributed by atoms with Crippen LogP contribution in [0, 0.1) is 0 Å². The van der Waals surface area contributed by atoms with Crippen molar-refractivity contribution in [3.63, 3.8) is 0 Å². The zero-order chi connectivity index (χ0) is 13.9. The molecule has 3 aromatic heterocycles. The van der Waals surface area contributed by atoms with Crippen LogP contribution in [0.2, 0.25) is 0 Å². The summed E-state index contributed by atoms with van der Waals surface area (Å²) in [6.45, 7) is 0.505. The summed E-state index contributed by atoms with van der Waals surface area (Å²) in [5, 5.41) is 16.1. The van der Waals surface area contributed by atoms with Crippen LogP contribution in [0.25, 0.3) is 5.52 Å². The summed E-state index contributed by atoms with van der Waals surface area (Å²) in [4.78, 5) is 18.8. The largest absolute Gasteiger partial charge is 0.477 e. The minimum absolute atomic E-state index is 0.0322. The number of aromatic nitrogens is 4. The number of nitrogens with one attached hydrogen (secondary N) is 1. The molecule has 0 aliphatic heterocycles. The predicted octanol–water partition coefficient (Wildman–Crippen LogP) is 1.43. The number of anilines is 1. The topological polar surface area (TPSA) is 92.4 Å². The van der Waals surface area contributed by atoms with Crippen molar-refractivity contribution >= 4 is 17.3 Å². The Bertz CT molecular complexity index is 751. The molecule has 0 amide bonds. The lowest BCUT2D eigenvalue weighted by Gasteiger charge is -2.06. The Hall–Kier alpha value is -2.96. The average molecular weight is 269 g/mol. The zero-order valence-corrected chi connectivity index (χ0v) is 10.4. The van der Waals surface area contributed by atoms with Gasteiger partial charge in [-0.2, -0.15) is 5.10 Å². The molecular formula is C13H11N5O2. The van der Waals surface area contributed by atoms with Crippen LogP contribution >= 0.6 is 0 Å². The summed E-state index contributed by atoms with van der Waals surface area (Å²) in [5.41, 5.74) is 1.78. The van der Waals surface area contributed by atoms with Gasteiger partial charge in [-0.1, -0.05) is 6.07 Å². The number of hydrogen-bond donors (Lipinski definition) is 2. The summed E-state index contributed by atoms with van der Waals surface area (Å²) in [6.07, 6.45) is 6.66. The van der Waals surface area contributed by atoms with E-state index in [9.17, 15) is 4.79 Å². The fourth-order valence-corrected chi connectivity index (χ4v) is 1.84. The van der Waals surface area contributed by atoms with Gasteiger partial charge < -0.3 is 10.4 Å². The third-order valence-corrected chi connectivity index (χ3v) is 2.83. The Balaban J connectivity index is 1.76. The van der Waals surface area contributed by atoms with Crippen molar-refractivity contribution in [2.45, 2.75) is 6.54 Å². The molecule has 20 heavy (non-hydrogen) atoms. The summed E-state index contributed by atoms with van der Waals surface area (Å²) in [7, 11) is 0. The highest BCUT2D eigenvalue weighted by Crippen LogP contribution is 2.13. The summed E-state index contributed by atoms with van der Waals surface area (Å²) < 4.78 is 1.72. The Morgan fingerprint density at radius 3 is 2.90 bits per heavy atom. The van der Waals surface area contributed by atoms with Crippen molar-refractivity contribution in [3.05, 3.63) is 54.2 Å². The van der Waals surface area contributed by atoms with Crippen molar-refractivity contribution in [3.8, 4) is 0 Å². The van der Waals surface area contributed by atoms with Gasteiger partial charge in [-0.15, -0.1) is 0 Å². The predicted molar refractivity (Wildman–Crippen MR) is 71.5 cm³/mol. The second-order valence-electron chi connectivity index (χ2n) is 4.15. The number of fused-ring (bicyclic) bond motifs is 1. The van der Waals surface area contributed by atoms with E-state index in [1.165, 1.54) is 12.3 Å². The van der Waals surface area contributed by atoms with Crippen molar-refractivity contribution < 1.29 is 9.90 Å². The van der Waals surface area contributed by atoms with Gasteiger partial charge in [-0.25, -0.2) is 19.3 Å². The molecule has 3 aromatic rings. The first-order chi connectivity index (χ1) is 9.74. The highest BCUT2D eigenvalue weighted by atomic mass is 16.4. The van der Waals surface area contributed by atoms with E-state index in [2.05, 4.69) is 20.4 Å². The molecule has 0 spiro atoms. The molecule has 7 heteroatoms. The van der Waals surface area contributed by atoms with Crippen molar-refractivity contribution in [2.24, 2.45) is 0 Å². The molecule has 0 aromatic carbocycles. The standard InChI is InChI=1S/C13H11N5O2/c19-13(20)10-2-1-9(7-15-10)8-16-12-11-3-4-17-18(11)6-5-14-12/h1-7H,8H2,(H,14,16)(H,19,20). The van der Waals surface area contributed by atoms with Crippen LogP contribution in [0.1, 0.15) is 16.1 Å². The van der Waals surface area contributed by atoms with Gasteiger partial charge in [-0.05, 0) is 17.7 Å². The van der Waals surface area contributed by atoms with Crippen LogP contribution in [0.5, 0.6) is 0 Å². The van der Waals surface area contributed by atoms with Crippen LogP contribution in [0.15, 0.2) is 43.0 Å². The minimum Gasteiger partial charge on any atom is -0.477 e. The summed E-state index contributed by atoms with van der Waals surface area (Å²) >= 11 is 0. The fraction of sp³-hybridized carbons (Fsp3) is 0.0769. The number of carbonyl (C=O) groups is 1. The number of carboxylic acid groups (broad SMARTS) is 1. The molecule has 2 N–H and O–H groups in total. The first-order valence-corrected chi connectivity index (χ1v) is 5.94. The number of carboxylic acids is 1. The number of nitrogens with zero attached hydrogens (tertiary/aromatic N) is 4. The molecule has 100 valence electrons. The highest BCUT2D eigenvalue weighted by Gasteiger charge is 2.05. The number of hydrogen-bond acceptors (Lipinski definition) is 5. The van der Waals surface area contributed by atoms with Gasteiger partial charge in [0.25, 0.3) is 0 Å². The quantitative estimate of drug-likeness (QED) is 0.744. The van der Waals surface area contributed by atoms with Crippen LogP contribution in [-0.2, 0) is 6.54 Å². The normalized spacial score (nSPS) is 10.6. The first-order valence-electron chi connectivity index (χ1n) is 5.94. The molecule has 7 nitrogen and oxygen atoms in total. The number of aromatic carboxylic acids is 1. The van der Waals surface area contributed by atoms with E-state index in [0.29, 0.717) is 12.4 Å². The van der Waals surface area contributed by atoms with Gasteiger partial charge in [0.2, 0.25) is 0 Å². The van der Waals surface area contributed by atoms with Gasteiger partial charge in [-0.3, -0.25) is 0 Å². The summed E-state index contributed by atoms with van der Waals surface area (Å²) in [6, 6.07) is 5.06. The van der Waals surface area contributed by atoms with E-state index >= 15 is 0 Å². The maximum absolute atomic E-state index is 10.7. The Morgan fingerprint density at radius 1 is 1.25 bits per heavy atom. The fourth-order valence-electron chi connectivity index (χ4n) is 1.84. The molecule has 0 aliphatic carbocycles. The Kier molecular flexibility index (Phi) is 3.00. The van der Waals surface area contributed by atoms with E-state index < -0.39 is 5.97 Å². The van der Waals surface area contributed by atoms with E-state index in [-0.39, 0.29) is 5.69 Å². The third kappa shape index (κ3) is 2.28. The number of pyridine rings is 1. The van der Waals surface area contributed by atoms with E-state index in [4.69, 9.17) is 5.11 Å². The van der Waals surface area contributed by atoms with Crippen molar-refractivity contribution in [1.29, 1.82) is 0 Å². The molecule has 0 unspecified atom stereocenters. The molecule has 0 aliphatic rings. The van der Waals surface area contributed by atoms with Crippen molar-refractivity contribution in [1.82, 2.24) is 19.6 Å². The molecule has 0 fully saturated rings. The van der Waals surface area contributed by atoms with Gasteiger partial charge in [0, 0.05) is 25.1 Å². The Labute approximate surface area is 113 Å². The average Bonchev–Trinajstić information content (AvgIpc) is 2.94. The molecular weight excluding hydrogens is 258 g/mol. The summed E-state index contributed by atoms with van der Waals surface area (Å²) in [5.74, 6) is -0.317. The third-order valence-electron chi connectivity index (χ3n) is 2.83. The van der Waals surface area contributed by atoms with E-state index in [0.717, 1.165) is 11.1 Å². The van der Waals surface area contributed by atoms with Gasteiger partial charge in [0.05, 0.1) is 6.20 Å². The van der Waals surface area contributed by atoms with E-state index in [1.807, 2.05) is 6.07 Å². The second-order valence-corrected chi connectivity index (χ2v) is 4.15. The molecule has 3 heterocycles. The number of rotatable bonds is 4. The lowest BCUT2D eigenvalue weighted by atomic mass is 10.2. The lowest BCUT2D eigenvalue weighted by Crippen LogP contribution is -2.05. The van der Waals surface area contributed by atoms with Gasteiger partial charge in [0.15, 0.2) is 5.82 Å². The smallest absolute Gasteiger partial charge is 0.354 e. The molecule has 3 rings (SSSR count). The SMILES string of the molecule is O=C(O)c1ccc(CNc2nccn3nccc23)cn1. The van der Waals surface area contributed by atoms with Crippen LogP contribution in [-0.4, -0.2) is 30.7 Å². The molecule has 0 radical (unpaired) electrons. The van der Waals surface area contributed by atoms with Crippen LogP contribution in [0.4, 0.5) is 5.82 Å². The second kappa shape index (κ2) is 4.96. The molecule has 0 bridgehead atoms. The van der Waals surface area contributed by atoms with Crippen molar-refractivity contribution in [2.75, 3.05) is 5.32 Å². The highest BCUT2D eigenvalue weighted by molar-refractivity contribution is 5.85. The van der Waals surface area contributed by atoms with Gasteiger partial charge >= 0.3 is 5.97 Å². The Morgan fingerprint density at radius 2 is 2.15 bits per heavy atom. The molecule has 0 atom stereocenters. The lowest BCUT2D eigenvalue weighted by molar-refractivity contribution is 0.0690. The molecule has 0 saturated carbocycles. The molecule has 0 saturated heterocycles.